The maximum absolute atomic E-state index is 13.0. The molecule has 0 fully saturated rings. The van der Waals surface area contributed by atoms with Gasteiger partial charge in [0, 0.05) is 28.7 Å². The van der Waals surface area contributed by atoms with Gasteiger partial charge < -0.3 is 14.5 Å². The van der Waals surface area contributed by atoms with Gasteiger partial charge in [-0.1, -0.05) is 18.2 Å². The zero-order valence-electron chi connectivity index (χ0n) is 15.5. The third kappa shape index (κ3) is 3.14. The zero-order valence-corrected chi connectivity index (χ0v) is 15.5. The fourth-order valence-electron chi connectivity index (χ4n) is 3.34. The van der Waals surface area contributed by atoms with Crippen molar-refractivity contribution in [3.05, 3.63) is 101 Å². The van der Waals surface area contributed by atoms with E-state index in [-0.39, 0.29) is 22.9 Å². The second kappa shape index (κ2) is 7.00. The summed E-state index contributed by atoms with van der Waals surface area (Å²) in [6.45, 7) is 0. The molecule has 4 aromatic rings. The molecular weight excluding hydrogens is 385 g/mol. The molecular formula is C24H14FNO4. The Morgan fingerprint density at radius 3 is 2.67 bits per heavy atom. The fourth-order valence-corrected chi connectivity index (χ4v) is 3.34. The molecule has 30 heavy (non-hydrogen) atoms. The normalized spacial score (nSPS) is 14.0. The van der Waals surface area contributed by atoms with Gasteiger partial charge in [-0.15, -0.1) is 0 Å². The topological polar surface area (TPSA) is 68.4 Å². The molecule has 0 atom stereocenters. The minimum atomic E-state index is -0.631. The summed E-state index contributed by atoms with van der Waals surface area (Å²) in [4.78, 5) is 28.1. The quantitative estimate of drug-likeness (QED) is 0.294. The number of Topliss-reactive ketones (excluding diaryl/α,β-unsaturated/α-hetero) is 1. The second-order valence-corrected chi connectivity index (χ2v) is 6.78. The predicted octanol–water partition coefficient (Wildman–Crippen LogP) is 5.14. The number of hydrogen-bond donors (Lipinski definition) is 1. The lowest BCUT2D eigenvalue weighted by Gasteiger charge is -2.05. The Bertz CT molecular complexity index is 1340. The van der Waals surface area contributed by atoms with Crippen LogP contribution in [0.4, 0.5) is 4.39 Å². The van der Waals surface area contributed by atoms with Gasteiger partial charge in [-0.05, 0) is 48.5 Å². The Balaban J connectivity index is 1.40. The SMILES string of the molecule is O=C(Oc1ccc2c(c1)OC(=Cc1c[nH]c3ccccc13)C2=O)c1ccc(F)cc1. The Hall–Kier alpha value is -4.19. The van der Waals surface area contributed by atoms with Gasteiger partial charge in [0.15, 0.2) is 5.76 Å². The highest BCUT2D eigenvalue weighted by Gasteiger charge is 2.28. The van der Waals surface area contributed by atoms with Crippen molar-refractivity contribution < 1.29 is 23.5 Å². The molecule has 0 amide bonds. The maximum atomic E-state index is 13.0. The average Bonchev–Trinajstić information content (AvgIpc) is 3.30. The molecule has 6 heteroatoms. The first kappa shape index (κ1) is 17.9. The number of fused-ring (bicyclic) bond motifs is 2. The third-order valence-electron chi connectivity index (χ3n) is 4.84. The first-order valence-corrected chi connectivity index (χ1v) is 9.21. The van der Waals surface area contributed by atoms with E-state index in [1.165, 1.54) is 36.4 Å². The number of ketones is 1. The number of halogens is 1. The number of benzene rings is 3. The maximum Gasteiger partial charge on any atom is 0.343 e. The molecule has 1 aliphatic rings. The number of esters is 1. The van der Waals surface area contributed by atoms with Crippen molar-refractivity contribution in [2.75, 3.05) is 0 Å². The molecule has 0 saturated heterocycles. The van der Waals surface area contributed by atoms with E-state index in [2.05, 4.69) is 4.98 Å². The summed E-state index contributed by atoms with van der Waals surface area (Å²) >= 11 is 0. The number of ether oxygens (including phenoxy) is 2. The van der Waals surface area contributed by atoms with Crippen molar-refractivity contribution in [1.82, 2.24) is 4.98 Å². The minimum absolute atomic E-state index is 0.191. The summed E-state index contributed by atoms with van der Waals surface area (Å²) in [6, 6.07) is 17.4. The van der Waals surface area contributed by atoms with Crippen LogP contribution in [0, 0.1) is 5.82 Å². The van der Waals surface area contributed by atoms with Crippen LogP contribution in [0.25, 0.3) is 17.0 Å². The Morgan fingerprint density at radius 1 is 1.03 bits per heavy atom. The predicted molar refractivity (Wildman–Crippen MR) is 109 cm³/mol. The van der Waals surface area contributed by atoms with E-state index in [4.69, 9.17) is 9.47 Å². The Kier molecular flexibility index (Phi) is 4.17. The van der Waals surface area contributed by atoms with E-state index in [0.717, 1.165) is 16.5 Å². The van der Waals surface area contributed by atoms with Crippen molar-refractivity contribution >= 4 is 28.7 Å². The van der Waals surface area contributed by atoms with Gasteiger partial charge in [-0.3, -0.25) is 4.79 Å². The highest BCUT2D eigenvalue weighted by atomic mass is 19.1. The molecule has 0 radical (unpaired) electrons. The van der Waals surface area contributed by atoms with E-state index in [0.29, 0.717) is 11.3 Å². The standard InChI is InChI=1S/C24H14FNO4/c25-16-7-5-14(6-8-16)24(28)29-17-9-10-19-21(12-17)30-22(23(19)27)11-15-13-26-20-4-2-1-3-18(15)20/h1-13,26H. The van der Waals surface area contributed by atoms with Crippen LogP contribution in [0.5, 0.6) is 11.5 Å². The largest absolute Gasteiger partial charge is 0.452 e. The van der Waals surface area contributed by atoms with E-state index < -0.39 is 11.8 Å². The number of carbonyl (C=O) groups excluding carboxylic acids is 2. The first-order chi connectivity index (χ1) is 14.6. The van der Waals surface area contributed by atoms with Gasteiger partial charge in [-0.25, -0.2) is 9.18 Å². The molecule has 0 spiro atoms. The molecule has 1 aliphatic heterocycles. The number of aromatic nitrogens is 1. The Morgan fingerprint density at radius 2 is 1.83 bits per heavy atom. The van der Waals surface area contributed by atoms with Crippen LogP contribution in [0.2, 0.25) is 0 Å². The molecule has 1 N–H and O–H groups in total. The molecule has 0 aliphatic carbocycles. The van der Waals surface area contributed by atoms with Crippen molar-refractivity contribution in [3.63, 3.8) is 0 Å². The lowest BCUT2D eigenvalue weighted by Crippen LogP contribution is -2.08. The van der Waals surface area contributed by atoms with Crippen LogP contribution in [0.3, 0.4) is 0 Å². The highest BCUT2D eigenvalue weighted by Crippen LogP contribution is 2.35. The monoisotopic (exact) mass is 399 g/mol. The van der Waals surface area contributed by atoms with Gasteiger partial charge in [-0.2, -0.15) is 0 Å². The second-order valence-electron chi connectivity index (χ2n) is 6.78. The number of para-hydroxylation sites is 1. The fraction of sp³-hybridized carbons (Fsp3) is 0. The third-order valence-corrected chi connectivity index (χ3v) is 4.84. The average molecular weight is 399 g/mol. The molecule has 1 aromatic heterocycles. The summed E-state index contributed by atoms with van der Waals surface area (Å²) in [5, 5.41) is 0.978. The zero-order chi connectivity index (χ0) is 20.7. The highest BCUT2D eigenvalue weighted by molar-refractivity contribution is 6.15. The molecule has 0 bridgehead atoms. The number of aromatic amines is 1. The number of H-pyrrole nitrogens is 1. The molecule has 3 aromatic carbocycles. The lowest BCUT2D eigenvalue weighted by molar-refractivity contribution is 0.0734. The van der Waals surface area contributed by atoms with Crippen LogP contribution in [0.1, 0.15) is 26.3 Å². The summed E-state index contributed by atoms with van der Waals surface area (Å²) in [5.74, 6) is -0.581. The minimum Gasteiger partial charge on any atom is -0.452 e. The first-order valence-electron chi connectivity index (χ1n) is 9.21. The number of hydrogen-bond acceptors (Lipinski definition) is 4. The molecule has 146 valence electrons. The summed E-state index contributed by atoms with van der Waals surface area (Å²) in [6.07, 6.45) is 3.50. The van der Waals surface area contributed by atoms with E-state index in [1.807, 2.05) is 30.5 Å². The van der Waals surface area contributed by atoms with Gasteiger partial charge in [0.2, 0.25) is 5.78 Å². The van der Waals surface area contributed by atoms with Crippen molar-refractivity contribution in [2.24, 2.45) is 0 Å². The number of rotatable bonds is 3. The smallest absolute Gasteiger partial charge is 0.343 e. The summed E-state index contributed by atoms with van der Waals surface area (Å²) in [7, 11) is 0. The number of nitrogens with one attached hydrogen (secondary N) is 1. The van der Waals surface area contributed by atoms with E-state index in [9.17, 15) is 14.0 Å². The molecule has 5 rings (SSSR count). The van der Waals surface area contributed by atoms with E-state index >= 15 is 0 Å². The lowest BCUT2D eigenvalue weighted by atomic mass is 10.1. The van der Waals surface area contributed by atoms with Crippen LogP contribution in [0.15, 0.2) is 78.7 Å². The molecule has 0 saturated carbocycles. The molecule has 2 heterocycles. The van der Waals surface area contributed by atoms with Crippen molar-refractivity contribution in [1.29, 1.82) is 0 Å². The van der Waals surface area contributed by atoms with Crippen LogP contribution < -0.4 is 9.47 Å². The Labute approximate surface area is 170 Å². The van der Waals surface area contributed by atoms with Gasteiger partial charge in [0.1, 0.15) is 17.3 Å². The summed E-state index contributed by atoms with van der Waals surface area (Å²) in [5.41, 5.74) is 2.41. The van der Waals surface area contributed by atoms with Crippen LogP contribution >= 0.6 is 0 Å². The van der Waals surface area contributed by atoms with Crippen LogP contribution in [-0.2, 0) is 0 Å². The molecule has 5 nitrogen and oxygen atoms in total. The van der Waals surface area contributed by atoms with Crippen molar-refractivity contribution in [2.45, 2.75) is 0 Å². The molecule has 0 unspecified atom stereocenters. The van der Waals surface area contributed by atoms with E-state index in [1.54, 1.807) is 12.1 Å². The van der Waals surface area contributed by atoms with Crippen LogP contribution in [-0.4, -0.2) is 16.7 Å². The summed E-state index contributed by atoms with van der Waals surface area (Å²) < 4.78 is 24.1. The number of allylic oxidation sites excluding steroid dienone is 1. The van der Waals surface area contributed by atoms with Gasteiger partial charge in [0.05, 0.1) is 11.1 Å². The number of carbonyl (C=O) groups is 2. The van der Waals surface area contributed by atoms with Gasteiger partial charge >= 0.3 is 5.97 Å². The van der Waals surface area contributed by atoms with Crippen molar-refractivity contribution in [3.8, 4) is 11.5 Å². The van der Waals surface area contributed by atoms with Gasteiger partial charge in [0.25, 0.3) is 0 Å².